The third kappa shape index (κ3) is 5.72. The predicted molar refractivity (Wildman–Crippen MR) is 133 cm³/mol. The molecule has 2 N–H and O–H groups in total. The lowest BCUT2D eigenvalue weighted by Gasteiger charge is -2.15. The van der Waals surface area contributed by atoms with E-state index in [1.807, 2.05) is 36.4 Å². The van der Waals surface area contributed by atoms with E-state index in [0.29, 0.717) is 22.7 Å². The molecule has 36 heavy (non-hydrogen) atoms. The van der Waals surface area contributed by atoms with Crippen molar-refractivity contribution in [3.63, 3.8) is 0 Å². The zero-order valence-electron chi connectivity index (χ0n) is 19.4. The Bertz CT molecular complexity index is 1400. The number of aryl methyl sites for hydroxylation is 1. The highest BCUT2D eigenvalue weighted by Crippen LogP contribution is 2.33. The third-order valence-corrected chi connectivity index (χ3v) is 5.80. The highest BCUT2D eigenvalue weighted by Gasteiger charge is 2.21. The summed E-state index contributed by atoms with van der Waals surface area (Å²) < 4.78 is 25.0. The van der Waals surface area contributed by atoms with E-state index < -0.39 is 24.0 Å². The number of hydrogen-bond acceptors (Lipinski definition) is 5. The van der Waals surface area contributed by atoms with Gasteiger partial charge in [-0.15, -0.1) is 0 Å². The number of anilines is 1. The second kappa shape index (κ2) is 10.6. The van der Waals surface area contributed by atoms with Crippen LogP contribution in [-0.2, 0) is 16.0 Å². The number of benzene rings is 3. The minimum atomic E-state index is -0.880. The standard InChI is InChI=1S/C27H22ClFN2O5/c1-15-25(30-27(34)35-16(2)22-12-11-21(28)14-23(22)29)26(36-31-15)20-9-7-19(8-10-20)18-5-3-17(4-6-18)13-24(32)33/h3-12,14,16H,13H2,1-2H3,(H,30,34)(H,32,33). The lowest BCUT2D eigenvalue weighted by molar-refractivity contribution is -0.136. The Morgan fingerprint density at radius 3 is 2.28 bits per heavy atom. The molecule has 1 amide bonds. The average Bonchev–Trinajstić information content (AvgIpc) is 3.19. The molecule has 1 aromatic heterocycles. The zero-order valence-corrected chi connectivity index (χ0v) is 20.2. The maximum Gasteiger partial charge on any atom is 0.412 e. The summed E-state index contributed by atoms with van der Waals surface area (Å²) in [6.07, 6.45) is -1.68. The van der Waals surface area contributed by atoms with Crippen molar-refractivity contribution >= 4 is 29.4 Å². The van der Waals surface area contributed by atoms with Gasteiger partial charge in [0.15, 0.2) is 5.76 Å². The Morgan fingerprint density at radius 2 is 1.67 bits per heavy atom. The van der Waals surface area contributed by atoms with Crippen molar-refractivity contribution in [3.8, 4) is 22.5 Å². The minimum absolute atomic E-state index is 0.0321. The van der Waals surface area contributed by atoms with Gasteiger partial charge in [-0.2, -0.15) is 0 Å². The summed E-state index contributed by atoms with van der Waals surface area (Å²) >= 11 is 5.79. The summed E-state index contributed by atoms with van der Waals surface area (Å²) in [5, 5.41) is 15.8. The van der Waals surface area contributed by atoms with Gasteiger partial charge in [0, 0.05) is 16.1 Å². The topological polar surface area (TPSA) is 102 Å². The summed E-state index contributed by atoms with van der Waals surface area (Å²) in [7, 11) is 0. The first-order valence-corrected chi connectivity index (χ1v) is 11.4. The van der Waals surface area contributed by atoms with Gasteiger partial charge in [-0.3, -0.25) is 10.1 Å². The van der Waals surface area contributed by atoms with E-state index in [0.717, 1.165) is 22.8 Å². The summed E-state index contributed by atoms with van der Waals surface area (Å²) in [5.41, 5.74) is 4.23. The molecule has 0 saturated heterocycles. The van der Waals surface area contributed by atoms with Gasteiger partial charge in [0.25, 0.3) is 0 Å². The van der Waals surface area contributed by atoms with E-state index in [9.17, 15) is 14.0 Å². The number of rotatable bonds is 7. The van der Waals surface area contributed by atoms with Gasteiger partial charge in [-0.05, 0) is 42.7 Å². The first kappa shape index (κ1) is 24.9. The molecule has 0 spiro atoms. The predicted octanol–water partition coefficient (Wildman–Crippen LogP) is 7.05. The smallest absolute Gasteiger partial charge is 0.412 e. The van der Waals surface area contributed by atoms with E-state index >= 15 is 0 Å². The normalized spacial score (nSPS) is 11.7. The molecular formula is C27H22ClFN2O5. The number of aliphatic carboxylic acids is 1. The molecule has 0 fully saturated rings. The van der Waals surface area contributed by atoms with E-state index in [4.69, 9.17) is 26.0 Å². The van der Waals surface area contributed by atoms with Crippen molar-refractivity contribution in [3.05, 3.63) is 94.4 Å². The molecule has 9 heteroatoms. The van der Waals surface area contributed by atoms with Crippen molar-refractivity contribution < 1.29 is 28.3 Å². The van der Waals surface area contributed by atoms with Crippen LogP contribution in [0.5, 0.6) is 0 Å². The molecule has 1 heterocycles. The van der Waals surface area contributed by atoms with E-state index in [1.165, 1.54) is 12.1 Å². The molecule has 0 aliphatic carbocycles. The van der Waals surface area contributed by atoms with Gasteiger partial charge in [0.1, 0.15) is 23.3 Å². The number of halogens is 2. The average molecular weight is 509 g/mol. The van der Waals surface area contributed by atoms with Crippen molar-refractivity contribution in [2.45, 2.75) is 26.4 Å². The van der Waals surface area contributed by atoms with Crippen LogP contribution in [-0.4, -0.2) is 22.3 Å². The molecule has 0 bridgehead atoms. The second-order valence-electron chi connectivity index (χ2n) is 8.16. The molecule has 0 aliphatic rings. The SMILES string of the molecule is Cc1noc(-c2ccc(-c3ccc(CC(=O)O)cc3)cc2)c1NC(=O)OC(C)c1ccc(Cl)cc1F. The fraction of sp³-hybridized carbons (Fsp3) is 0.148. The lowest BCUT2D eigenvalue weighted by Crippen LogP contribution is -2.17. The molecule has 0 saturated carbocycles. The quantitative estimate of drug-likeness (QED) is 0.277. The van der Waals surface area contributed by atoms with Crippen molar-refractivity contribution in [2.24, 2.45) is 0 Å². The molecule has 3 aromatic carbocycles. The fourth-order valence-electron chi connectivity index (χ4n) is 3.70. The number of nitrogens with one attached hydrogen (secondary N) is 1. The lowest BCUT2D eigenvalue weighted by atomic mass is 10.0. The maximum atomic E-state index is 14.2. The van der Waals surface area contributed by atoms with Crippen LogP contribution in [0.15, 0.2) is 71.3 Å². The summed E-state index contributed by atoms with van der Waals surface area (Å²) in [5.74, 6) is -1.10. The summed E-state index contributed by atoms with van der Waals surface area (Å²) in [4.78, 5) is 23.4. The van der Waals surface area contributed by atoms with Gasteiger partial charge in [-0.1, -0.05) is 71.4 Å². The van der Waals surface area contributed by atoms with E-state index in [-0.39, 0.29) is 17.0 Å². The Morgan fingerprint density at radius 1 is 1.06 bits per heavy atom. The number of carbonyl (C=O) groups excluding carboxylic acids is 1. The van der Waals surface area contributed by atoms with Gasteiger partial charge in [-0.25, -0.2) is 9.18 Å². The molecule has 184 valence electrons. The second-order valence-corrected chi connectivity index (χ2v) is 8.59. The van der Waals surface area contributed by atoms with Gasteiger partial charge in [0.05, 0.1) is 6.42 Å². The van der Waals surface area contributed by atoms with Gasteiger partial charge < -0.3 is 14.4 Å². The first-order chi connectivity index (χ1) is 17.2. The number of hydrogen-bond donors (Lipinski definition) is 2. The molecule has 0 aliphatic heterocycles. The molecule has 1 unspecified atom stereocenters. The Hall–Kier alpha value is -4.17. The van der Waals surface area contributed by atoms with E-state index in [2.05, 4.69) is 10.5 Å². The molecule has 7 nitrogen and oxygen atoms in total. The van der Waals surface area contributed by atoms with Crippen LogP contribution in [0.2, 0.25) is 5.02 Å². The number of aromatic nitrogens is 1. The van der Waals surface area contributed by atoms with Crippen molar-refractivity contribution in [1.82, 2.24) is 5.16 Å². The maximum absolute atomic E-state index is 14.2. The summed E-state index contributed by atoms with van der Waals surface area (Å²) in [6, 6.07) is 18.8. The summed E-state index contributed by atoms with van der Waals surface area (Å²) in [6.45, 7) is 3.23. The van der Waals surface area contributed by atoms with Gasteiger partial charge in [0.2, 0.25) is 0 Å². The van der Waals surface area contributed by atoms with Gasteiger partial charge >= 0.3 is 12.1 Å². The largest absolute Gasteiger partial charge is 0.481 e. The van der Waals surface area contributed by atoms with Crippen molar-refractivity contribution in [2.75, 3.05) is 5.32 Å². The number of amides is 1. The van der Waals surface area contributed by atoms with Crippen LogP contribution >= 0.6 is 11.6 Å². The number of carbonyl (C=O) groups is 2. The Labute approximate surface area is 211 Å². The first-order valence-electron chi connectivity index (χ1n) is 11.0. The van der Waals surface area contributed by atoms with Crippen LogP contribution in [0.4, 0.5) is 14.9 Å². The number of nitrogens with zero attached hydrogens (tertiary/aromatic N) is 1. The molecule has 4 aromatic rings. The van der Waals surface area contributed by atoms with Crippen LogP contribution in [0.3, 0.4) is 0 Å². The molecule has 0 radical (unpaired) electrons. The van der Waals surface area contributed by atoms with E-state index in [1.54, 1.807) is 26.0 Å². The van der Waals surface area contributed by atoms with Crippen LogP contribution < -0.4 is 5.32 Å². The van der Waals surface area contributed by atoms with Crippen LogP contribution in [0.25, 0.3) is 22.5 Å². The molecular weight excluding hydrogens is 487 g/mol. The Kier molecular flexibility index (Phi) is 7.36. The third-order valence-electron chi connectivity index (χ3n) is 5.56. The number of ether oxygens (including phenoxy) is 1. The van der Waals surface area contributed by atoms with Crippen LogP contribution in [0, 0.1) is 12.7 Å². The van der Waals surface area contributed by atoms with Crippen LogP contribution in [0.1, 0.15) is 29.8 Å². The number of carboxylic acids is 1. The molecule has 1 atom stereocenters. The Balaban J connectivity index is 1.48. The van der Waals surface area contributed by atoms with Crippen molar-refractivity contribution in [1.29, 1.82) is 0 Å². The highest BCUT2D eigenvalue weighted by atomic mass is 35.5. The minimum Gasteiger partial charge on any atom is -0.481 e. The highest BCUT2D eigenvalue weighted by molar-refractivity contribution is 6.30. The molecule has 4 rings (SSSR count). The monoisotopic (exact) mass is 508 g/mol. The number of carboxylic acid groups (broad SMARTS) is 1. The zero-order chi connectivity index (χ0) is 25.8. The fourth-order valence-corrected chi connectivity index (χ4v) is 3.86.